The fourth-order valence-corrected chi connectivity index (χ4v) is 3.36. The zero-order valence-corrected chi connectivity index (χ0v) is 12.9. The Morgan fingerprint density at radius 2 is 2.05 bits per heavy atom. The molecule has 0 spiro atoms. The molecule has 0 aromatic carbocycles. The maximum absolute atomic E-state index is 12.1. The topological polar surface area (TPSA) is 79.6 Å². The van der Waals surface area contributed by atoms with Crippen LogP contribution in [0, 0.1) is 12.8 Å². The molecule has 0 atom stereocenters. The molecule has 1 N–H and O–H groups in total. The Bertz CT molecular complexity index is 570. The van der Waals surface area contributed by atoms with Crippen molar-refractivity contribution < 1.29 is 14.7 Å². The SMILES string of the molecule is Cc1csc(=O)n1CCCC(=O)N1CCC(C(=O)O)CC1. The maximum Gasteiger partial charge on any atom is 0.307 e. The smallest absolute Gasteiger partial charge is 0.307 e. The van der Waals surface area contributed by atoms with E-state index in [1.54, 1.807) is 9.47 Å². The van der Waals surface area contributed by atoms with Gasteiger partial charge in [-0.25, -0.2) is 0 Å². The summed E-state index contributed by atoms with van der Waals surface area (Å²) in [5, 5.41) is 10.7. The van der Waals surface area contributed by atoms with Crippen LogP contribution in [0.15, 0.2) is 10.2 Å². The highest BCUT2D eigenvalue weighted by Gasteiger charge is 2.26. The Morgan fingerprint density at radius 1 is 1.38 bits per heavy atom. The van der Waals surface area contributed by atoms with Crippen molar-refractivity contribution in [2.45, 2.75) is 39.2 Å². The number of carbonyl (C=O) groups is 2. The lowest BCUT2D eigenvalue weighted by atomic mass is 9.97. The molecule has 0 unspecified atom stereocenters. The quantitative estimate of drug-likeness (QED) is 0.889. The molecule has 1 fully saturated rings. The lowest BCUT2D eigenvalue weighted by molar-refractivity contribution is -0.145. The molecule has 1 saturated heterocycles. The van der Waals surface area contributed by atoms with E-state index >= 15 is 0 Å². The first-order valence-corrected chi connectivity index (χ1v) is 8.02. The first-order valence-electron chi connectivity index (χ1n) is 7.14. The number of amides is 1. The van der Waals surface area contributed by atoms with Gasteiger partial charge in [0, 0.05) is 37.1 Å². The van der Waals surface area contributed by atoms with Gasteiger partial charge in [0.2, 0.25) is 5.91 Å². The van der Waals surface area contributed by atoms with Gasteiger partial charge in [0.25, 0.3) is 0 Å². The number of aliphatic carboxylic acids is 1. The van der Waals surface area contributed by atoms with Gasteiger partial charge in [-0.1, -0.05) is 11.3 Å². The van der Waals surface area contributed by atoms with Gasteiger partial charge in [-0.15, -0.1) is 0 Å². The van der Waals surface area contributed by atoms with Crippen LogP contribution in [-0.4, -0.2) is 39.5 Å². The molecule has 0 bridgehead atoms. The van der Waals surface area contributed by atoms with Gasteiger partial charge in [-0.05, 0) is 26.2 Å². The second kappa shape index (κ2) is 6.89. The number of aryl methyl sites for hydroxylation is 1. The lowest BCUT2D eigenvalue weighted by Gasteiger charge is -2.30. The zero-order valence-electron chi connectivity index (χ0n) is 12.1. The van der Waals surface area contributed by atoms with Crippen LogP contribution in [0.25, 0.3) is 0 Å². The lowest BCUT2D eigenvalue weighted by Crippen LogP contribution is -2.40. The molecule has 2 rings (SSSR count). The summed E-state index contributed by atoms with van der Waals surface area (Å²) in [6, 6.07) is 0. The molecule has 1 aromatic rings. The number of hydrogen-bond acceptors (Lipinski definition) is 4. The van der Waals surface area contributed by atoms with E-state index in [9.17, 15) is 14.4 Å². The standard InChI is InChI=1S/C14H20N2O4S/c1-10-9-21-14(20)16(10)6-2-3-12(17)15-7-4-11(5-8-15)13(18)19/h9,11H,2-8H2,1H3,(H,18,19). The van der Waals surface area contributed by atoms with E-state index in [0.29, 0.717) is 45.3 Å². The van der Waals surface area contributed by atoms with Crippen LogP contribution in [0.1, 0.15) is 31.4 Å². The Kier molecular flexibility index (Phi) is 5.17. The Labute approximate surface area is 127 Å². The molecule has 0 saturated carbocycles. The molecule has 21 heavy (non-hydrogen) atoms. The number of carboxylic acids is 1. The van der Waals surface area contributed by atoms with Crippen molar-refractivity contribution in [3.63, 3.8) is 0 Å². The summed E-state index contributed by atoms with van der Waals surface area (Å²) >= 11 is 1.18. The monoisotopic (exact) mass is 312 g/mol. The summed E-state index contributed by atoms with van der Waals surface area (Å²) in [6.45, 7) is 3.49. The van der Waals surface area contributed by atoms with Gasteiger partial charge in [0.1, 0.15) is 0 Å². The largest absolute Gasteiger partial charge is 0.481 e. The minimum absolute atomic E-state index is 0.0159. The van der Waals surface area contributed by atoms with E-state index in [-0.39, 0.29) is 16.7 Å². The number of thiazole rings is 1. The van der Waals surface area contributed by atoms with Gasteiger partial charge in [-0.2, -0.15) is 0 Å². The third kappa shape index (κ3) is 3.93. The molecular weight excluding hydrogens is 292 g/mol. The van der Waals surface area contributed by atoms with Crippen LogP contribution in [0.3, 0.4) is 0 Å². The molecule has 2 heterocycles. The Morgan fingerprint density at radius 3 is 2.57 bits per heavy atom. The van der Waals surface area contributed by atoms with E-state index in [1.807, 2.05) is 12.3 Å². The predicted octanol–water partition coefficient (Wildman–Crippen LogP) is 1.32. The molecule has 0 radical (unpaired) electrons. The summed E-state index contributed by atoms with van der Waals surface area (Å²) in [5.41, 5.74) is 0.930. The van der Waals surface area contributed by atoms with Gasteiger partial charge >= 0.3 is 10.8 Å². The molecule has 1 aromatic heterocycles. The van der Waals surface area contributed by atoms with Crippen molar-refractivity contribution in [1.82, 2.24) is 9.47 Å². The van der Waals surface area contributed by atoms with E-state index < -0.39 is 5.97 Å². The number of aromatic nitrogens is 1. The van der Waals surface area contributed by atoms with Gasteiger partial charge in [-0.3, -0.25) is 14.4 Å². The Balaban J connectivity index is 1.76. The fraction of sp³-hybridized carbons (Fsp3) is 0.643. The summed E-state index contributed by atoms with van der Waals surface area (Å²) < 4.78 is 1.69. The van der Waals surface area contributed by atoms with Gasteiger partial charge in [0.05, 0.1) is 5.92 Å². The first kappa shape index (κ1) is 15.8. The molecule has 0 aliphatic carbocycles. The van der Waals surface area contributed by atoms with Crippen molar-refractivity contribution in [2.75, 3.05) is 13.1 Å². The van der Waals surface area contributed by atoms with Crippen molar-refractivity contribution in [2.24, 2.45) is 5.92 Å². The minimum atomic E-state index is -0.769. The van der Waals surface area contributed by atoms with Crippen molar-refractivity contribution in [3.8, 4) is 0 Å². The maximum atomic E-state index is 12.1. The summed E-state index contributed by atoms with van der Waals surface area (Å²) in [4.78, 5) is 36.2. The van der Waals surface area contributed by atoms with Crippen molar-refractivity contribution in [1.29, 1.82) is 0 Å². The third-order valence-electron chi connectivity index (χ3n) is 3.95. The zero-order chi connectivity index (χ0) is 15.4. The highest BCUT2D eigenvalue weighted by atomic mass is 32.1. The second-order valence-corrected chi connectivity index (χ2v) is 6.21. The third-order valence-corrected chi connectivity index (χ3v) is 4.83. The van der Waals surface area contributed by atoms with Crippen molar-refractivity contribution in [3.05, 3.63) is 20.7 Å². The summed E-state index contributed by atoms with van der Waals surface area (Å²) in [7, 11) is 0. The van der Waals surface area contributed by atoms with Gasteiger partial charge < -0.3 is 14.6 Å². The van der Waals surface area contributed by atoms with E-state index in [0.717, 1.165) is 5.69 Å². The van der Waals surface area contributed by atoms with E-state index in [2.05, 4.69) is 0 Å². The molecular formula is C14H20N2O4S. The normalized spacial score (nSPS) is 16.1. The highest BCUT2D eigenvalue weighted by molar-refractivity contribution is 7.07. The predicted molar refractivity (Wildman–Crippen MR) is 79.5 cm³/mol. The number of carboxylic acid groups (broad SMARTS) is 1. The molecule has 7 heteroatoms. The average molecular weight is 312 g/mol. The van der Waals surface area contributed by atoms with Crippen LogP contribution in [0.2, 0.25) is 0 Å². The number of hydrogen-bond donors (Lipinski definition) is 1. The van der Waals surface area contributed by atoms with Crippen molar-refractivity contribution >= 4 is 23.2 Å². The number of carbonyl (C=O) groups excluding carboxylic acids is 1. The number of piperidine rings is 1. The fourth-order valence-electron chi connectivity index (χ4n) is 2.60. The minimum Gasteiger partial charge on any atom is -0.481 e. The molecule has 116 valence electrons. The van der Waals surface area contributed by atoms with Crippen LogP contribution < -0.4 is 4.87 Å². The average Bonchev–Trinajstić information content (AvgIpc) is 2.79. The summed E-state index contributed by atoms with van der Waals surface area (Å²) in [5.74, 6) is -1.03. The number of rotatable bonds is 5. The van der Waals surface area contributed by atoms with Crippen LogP contribution in [0.5, 0.6) is 0 Å². The Hall–Kier alpha value is -1.63. The van der Waals surface area contributed by atoms with Gasteiger partial charge in [0.15, 0.2) is 0 Å². The molecule has 1 aliphatic heterocycles. The first-order chi connectivity index (χ1) is 9.99. The number of nitrogens with zero attached hydrogens (tertiary/aromatic N) is 2. The van der Waals surface area contributed by atoms with Crippen LogP contribution >= 0.6 is 11.3 Å². The summed E-state index contributed by atoms with van der Waals surface area (Å²) in [6.07, 6.45) is 2.10. The highest BCUT2D eigenvalue weighted by Crippen LogP contribution is 2.18. The molecule has 6 nitrogen and oxygen atoms in total. The molecule has 1 aliphatic rings. The van der Waals surface area contributed by atoms with E-state index in [1.165, 1.54) is 11.3 Å². The second-order valence-electron chi connectivity index (χ2n) is 5.39. The van der Waals surface area contributed by atoms with Crippen LogP contribution in [-0.2, 0) is 16.1 Å². The van der Waals surface area contributed by atoms with E-state index in [4.69, 9.17) is 5.11 Å². The molecule has 1 amide bonds. The van der Waals surface area contributed by atoms with Crippen LogP contribution in [0.4, 0.5) is 0 Å². The number of likely N-dealkylation sites (tertiary alicyclic amines) is 1.